The molecule has 0 aliphatic rings. The van der Waals surface area contributed by atoms with E-state index in [1.54, 1.807) is 31.5 Å². The Labute approximate surface area is 98.0 Å². The third-order valence-corrected chi connectivity index (χ3v) is 2.33. The predicted molar refractivity (Wildman–Crippen MR) is 63.4 cm³/mol. The molecular weight excluding hydrogens is 226 g/mol. The zero-order valence-corrected chi connectivity index (χ0v) is 9.40. The van der Waals surface area contributed by atoms with Gasteiger partial charge in [0, 0.05) is 11.8 Å². The van der Waals surface area contributed by atoms with Gasteiger partial charge >= 0.3 is 0 Å². The molecule has 1 heterocycles. The quantitative estimate of drug-likeness (QED) is 0.641. The summed E-state index contributed by atoms with van der Waals surface area (Å²) in [6, 6.07) is 7.22. The fourth-order valence-corrected chi connectivity index (χ4v) is 1.54. The number of nitrogens with two attached hydrogens (primary N) is 1. The lowest BCUT2D eigenvalue weighted by Gasteiger charge is -2.06. The zero-order chi connectivity index (χ0) is 11.5. The van der Waals surface area contributed by atoms with Crippen molar-refractivity contribution in [2.45, 2.75) is 0 Å². The number of nitrogen functional groups attached to an aromatic ring is 1. The Balaban J connectivity index is 2.45. The third-order valence-electron chi connectivity index (χ3n) is 2.15. The molecule has 0 saturated carbocycles. The Morgan fingerprint density at radius 3 is 2.75 bits per heavy atom. The number of ether oxygens (including phenoxy) is 1. The van der Waals surface area contributed by atoms with Crippen LogP contribution < -0.4 is 10.5 Å². The fraction of sp³-hybridized carbons (Fsp3) is 0.0909. The molecule has 4 nitrogen and oxygen atoms in total. The maximum absolute atomic E-state index is 5.81. The van der Waals surface area contributed by atoms with Gasteiger partial charge in [-0.3, -0.25) is 0 Å². The molecule has 2 rings (SSSR count). The first-order valence-corrected chi connectivity index (χ1v) is 5.01. The normalized spacial score (nSPS) is 10.1. The second-order valence-corrected chi connectivity index (χ2v) is 3.51. The van der Waals surface area contributed by atoms with Gasteiger partial charge in [0.25, 0.3) is 0 Å². The summed E-state index contributed by atoms with van der Waals surface area (Å²) in [4.78, 5) is 7.92. The molecule has 1 aromatic heterocycles. The number of anilines is 1. The standard InChI is InChI=1S/C11H10ClN3O/c1-16-10-3-2-7(6-8(10)13)9-4-5-14-11(12)15-9/h2-6H,13H2,1H3. The van der Waals surface area contributed by atoms with Crippen LogP contribution in [0.25, 0.3) is 11.3 Å². The van der Waals surface area contributed by atoms with Crippen LogP contribution in [0.5, 0.6) is 5.75 Å². The van der Waals surface area contributed by atoms with Crippen molar-refractivity contribution >= 4 is 17.3 Å². The van der Waals surface area contributed by atoms with E-state index in [9.17, 15) is 0 Å². The predicted octanol–water partition coefficient (Wildman–Crippen LogP) is 2.39. The van der Waals surface area contributed by atoms with Crippen molar-refractivity contribution in [3.8, 4) is 17.0 Å². The molecule has 0 fully saturated rings. The van der Waals surface area contributed by atoms with Crippen molar-refractivity contribution in [3.05, 3.63) is 35.7 Å². The number of aromatic nitrogens is 2. The van der Waals surface area contributed by atoms with Crippen molar-refractivity contribution < 1.29 is 4.74 Å². The highest BCUT2D eigenvalue weighted by atomic mass is 35.5. The minimum atomic E-state index is 0.215. The van der Waals surface area contributed by atoms with E-state index in [1.807, 2.05) is 6.07 Å². The summed E-state index contributed by atoms with van der Waals surface area (Å²) < 4.78 is 5.08. The summed E-state index contributed by atoms with van der Waals surface area (Å²) in [5.41, 5.74) is 7.98. The molecular formula is C11H10ClN3O. The lowest BCUT2D eigenvalue weighted by molar-refractivity contribution is 0.417. The first kappa shape index (κ1) is 10.7. The van der Waals surface area contributed by atoms with E-state index in [0.29, 0.717) is 11.4 Å². The topological polar surface area (TPSA) is 61.0 Å². The highest BCUT2D eigenvalue weighted by molar-refractivity contribution is 6.28. The molecule has 0 spiro atoms. The van der Waals surface area contributed by atoms with Crippen LogP contribution in [0.15, 0.2) is 30.5 Å². The van der Waals surface area contributed by atoms with E-state index < -0.39 is 0 Å². The van der Waals surface area contributed by atoms with Crippen LogP contribution in [-0.4, -0.2) is 17.1 Å². The van der Waals surface area contributed by atoms with Crippen LogP contribution in [-0.2, 0) is 0 Å². The average molecular weight is 236 g/mol. The SMILES string of the molecule is COc1ccc(-c2ccnc(Cl)n2)cc1N. The Morgan fingerprint density at radius 1 is 1.31 bits per heavy atom. The lowest BCUT2D eigenvalue weighted by Crippen LogP contribution is -1.93. The molecule has 0 aliphatic heterocycles. The number of rotatable bonds is 2. The highest BCUT2D eigenvalue weighted by Crippen LogP contribution is 2.27. The molecule has 82 valence electrons. The number of hydrogen-bond donors (Lipinski definition) is 1. The van der Waals surface area contributed by atoms with Crippen molar-refractivity contribution in [2.75, 3.05) is 12.8 Å². The number of nitrogens with zero attached hydrogens (tertiary/aromatic N) is 2. The highest BCUT2D eigenvalue weighted by Gasteiger charge is 2.04. The second-order valence-electron chi connectivity index (χ2n) is 3.17. The van der Waals surface area contributed by atoms with Crippen LogP contribution in [0.4, 0.5) is 5.69 Å². The number of benzene rings is 1. The zero-order valence-electron chi connectivity index (χ0n) is 8.64. The Bertz CT molecular complexity index is 516. The van der Waals surface area contributed by atoms with Gasteiger partial charge in [-0.25, -0.2) is 9.97 Å². The molecule has 16 heavy (non-hydrogen) atoms. The molecule has 0 saturated heterocycles. The number of hydrogen-bond acceptors (Lipinski definition) is 4. The Morgan fingerprint density at radius 2 is 2.12 bits per heavy atom. The van der Waals surface area contributed by atoms with E-state index in [0.717, 1.165) is 11.3 Å². The molecule has 0 bridgehead atoms. The van der Waals surface area contributed by atoms with Gasteiger partial charge in [0.15, 0.2) is 0 Å². The number of halogens is 1. The first-order valence-electron chi connectivity index (χ1n) is 4.63. The molecule has 0 atom stereocenters. The maximum Gasteiger partial charge on any atom is 0.222 e. The lowest BCUT2D eigenvalue weighted by atomic mass is 10.1. The van der Waals surface area contributed by atoms with Crippen LogP contribution in [0, 0.1) is 0 Å². The maximum atomic E-state index is 5.81. The van der Waals surface area contributed by atoms with Crippen LogP contribution in [0.2, 0.25) is 5.28 Å². The van der Waals surface area contributed by atoms with Gasteiger partial charge in [-0.2, -0.15) is 0 Å². The minimum Gasteiger partial charge on any atom is -0.495 e. The van der Waals surface area contributed by atoms with Crippen molar-refractivity contribution in [2.24, 2.45) is 0 Å². The van der Waals surface area contributed by atoms with Gasteiger partial charge in [0.1, 0.15) is 5.75 Å². The van der Waals surface area contributed by atoms with E-state index in [2.05, 4.69) is 9.97 Å². The summed E-state index contributed by atoms with van der Waals surface area (Å²) >= 11 is 5.71. The monoisotopic (exact) mass is 235 g/mol. The molecule has 0 amide bonds. The number of methoxy groups -OCH3 is 1. The Kier molecular flexibility index (Phi) is 2.92. The van der Waals surface area contributed by atoms with Crippen molar-refractivity contribution in [1.29, 1.82) is 0 Å². The van der Waals surface area contributed by atoms with Gasteiger partial charge in [0.2, 0.25) is 5.28 Å². The second kappa shape index (κ2) is 4.37. The van der Waals surface area contributed by atoms with Crippen LogP contribution >= 0.6 is 11.6 Å². The summed E-state index contributed by atoms with van der Waals surface area (Å²) in [7, 11) is 1.58. The van der Waals surface area contributed by atoms with Crippen LogP contribution in [0.3, 0.4) is 0 Å². The largest absolute Gasteiger partial charge is 0.495 e. The van der Waals surface area contributed by atoms with Crippen molar-refractivity contribution in [3.63, 3.8) is 0 Å². The molecule has 0 unspecified atom stereocenters. The minimum absolute atomic E-state index is 0.215. The third kappa shape index (κ3) is 2.06. The van der Waals surface area contributed by atoms with Crippen molar-refractivity contribution in [1.82, 2.24) is 9.97 Å². The average Bonchev–Trinajstić information content (AvgIpc) is 2.29. The van der Waals surface area contributed by atoms with E-state index >= 15 is 0 Å². The molecule has 1 aromatic carbocycles. The molecule has 0 radical (unpaired) electrons. The summed E-state index contributed by atoms with van der Waals surface area (Å²) in [6.07, 6.45) is 1.60. The van der Waals surface area contributed by atoms with E-state index in [1.165, 1.54) is 0 Å². The fourth-order valence-electron chi connectivity index (χ4n) is 1.39. The van der Waals surface area contributed by atoms with E-state index in [-0.39, 0.29) is 5.28 Å². The van der Waals surface area contributed by atoms with Gasteiger partial charge < -0.3 is 10.5 Å². The molecule has 2 N–H and O–H groups in total. The summed E-state index contributed by atoms with van der Waals surface area (Å²) in [5, 5.41) is 0.215. The van der Waals surface area contributed by atoms with Crippen LogP contribution in [0.1, 0.15) is 0 Å². The van der Waals surface area contributed by atoms with Gasteiger partial charge in [-0.15, -0.1) is 0 Å². The van der Waals surface area contributed by atoms with Gasteiger partial charge in [-0.1, -0.05) is 0 Å². The smallest absolute Gasteiger partial charge is 0.222 e. The Hall–Kier alpha value is -1.81. The summed E-state index contributed by atoms with van der Waals surface area (Å²) in [6.45, 7) is 0. The molecule has 2 aromatic rings. The molecule has 0 aliphatic carbocycles. The summed E-state index contributed by atoms with van der Waals surface area (Å²) in [5.74, 6) is 0.643. The van der Waals surface area contributed by atoms with E-state index in [4.69, 9.17) is 22.1 Å². The van der Waals surface area contributed by atoms with Gasteiger partial charge in [-0.05, 0) is 35.9 Å². The molecule has 5 heteroatoms. The van der Waals surface area contributed by atoms with Gasteiger partial charge in [0.05, 0.1) is 18.5 Å². The first-order chi connectivity index (χ1) is 7.70.